The topological polar surface area (TPSA) is 104 Å². The second-order valence-electron chi connectivity index (χ2n) is 6.08. The van der Waals surface area contributed by atoms with Crippen LogP contribution in [0.15, 0.2) is 0 Å². The first-order chi connectivity index (χ1) is 9.78. The van der Waals surface area contributed by atoms with Gasteiger partial charge in [0.2, 0.25) is 0 Å². The molecule has 0 saturated carbocycles. The molecule has 2 fully saturated rings. The average molecular weight is 318 g/mol. The summed E-state index contributed by atoms with van der Waals surface area (Å²) < 4.78 is 23.2. The second kappa shape index (κ2) is 6.21. The van der Waals surface area contributed by atoms with Crippen molar-refractivity contribution in [1.29, 1.82) is 0 Å². The van der Waals surface area contributed by atoms with Crippen molar-refractivity contribution in [2.45, 2.75) is 44.7 Å². The predicted octanol–water partition coefficient (Wildman–Crippen LogP) is 0.458. The van der Waals surface area contributed by atoms with E-state index < -0.39 is 33.9 Å². The van der Waals surface area contributed by atoms with Crippen molar-refractivity contribution in [3.05, 3.63) is 0 Å². The van der Waals surface area contributed by atoms with Crippen molar-refractivity contribution in [2.24, 2.45) is 5.92 Å². The minimum atomic E-state index is -3.10. The lowest BCUT2D eigenvalue weighted by atomic mass is 9.93. The molecule has 120 valence electrons. The Morgan fingerprint density at radius 1 is 1.29 bits per heavy atom. The van der Waals surface area contributed by atoms with Crippen LogP contribution in [0.1, 0.15) is 32.6 Å². The van der Waals surface area contributed by atoms with Gasteiger partial charge in [0.05, 0.1) is 11.5 Å². The van der Waals surface area contributed by atoms with Crippen LogP contribution in [0.4, 0.5) is 4.79 Å². The van der Waals surface area contributed by atoms with Gasteiger partial charge in [0.25, 0.3) is 0 Å². The van der Waals surface area contributed by atoms with E-state index in [-0.39, 0.29) is 17.4 Å². The van der Waals surface area contributed by atoms with E-state index in [0.717, 1.165) is 6.42 Å². The van der Waals surface area contributed by atoms with Crippen molar-refractivity contribution in [2.75, 3.05) is 18.1 Å². The van der Waals surface area contributed by atoms with Crippen LogP contribution in [-0.2, 0) is 14.6 Å². The molecule has 0 aromatic rings. The van der Waals surface area contributed by atoms with Gasteiger partial charge in [0.1, 0.15) is 6.04 Å². The monoisotopic (exact) mass is 318 g/mol. The normalized spacial score (nSPS) is 32.4. The molecule has 3 unspecified atom stereocenters. The molecule has 2 amide bonds. The summed E-state index contributed by atoms with van der Waals surface area (Å²) in [5, 5.41) is 11.9. The maximum Gasteiger partial charge on any atom is 0.326 e. The molecule has 7 nitrogen and oxygen atoms in total. The minimum Gasteiger partial charge on any atom is -0.480 e. The third-order valence-corrected chi connectivity index (χ3v) is 6.02. The summed E-state index contributed by atoms with van der Waals surface area (Å²) >= 11 is 0. The van der Waals surface area contributed by atoms with Crippen LogP contribution < -0.4 is 5.32 Å². The van der Waals surface area contributed by atoms with Crippen LogP contribution in [0, 0.1) is 5.92 Å². The number of carboxylic acids is 1. The van der Waals surface area contributed by atoms with Crippen molar-refractivity contribution in [3.8, 4) is 0 Å². The zero-order chi connectivity index (χ0) is 15.6. The van der Waals surface area contributed by atoms with Gasteiger partial charge < -0.3 is 15.3 Å². The highest BCUT2D eigenvalue weighted by Crippen LogP contribution is 2.23. The Morgan fingerprint density at radius 2 is 2.00 bits per heavy atom. The summed E-state index contributed by atoms with van der Waals surface area (Å²) in [6.45, 7) is 2.36. The number of amides is 2. The van der Waals surface area contributed by atoms with Gasteiger partial charge in [-0.15, -0.1) is 0 Å². The van der Waals surface area contributed by atoms with Crippen LogP contribution in [0.5, 0.6) is 0 Å². The molecule has 0 aromatic carbocycles. The number of hydrogen-bond acceptors (Lipinski definition) is 4. The lowest BCUT2D eigenvalue weighted by molar-refractivity contribution is -0.143. The molecule has 3 atom stereocenters. The zero-order valence-electron chi connectivity index (χ0n) is 12.1. The van der Waals surface area contributed by atoms with Crippen molar-refractivity contribution in [1.82, 2.24) is 10.2 Å². The lowest BCUT2D eigenvalue weighted by Crippen LogP contribution is -2.56. The number of carboxylic acid groups (broad SMARTS) is 1. The van der Waals surface area contributed by atoms with Gasteiger partial charge in [-0.25, -0.2) is 18.0 Å². The molecule has 2 rings (SSSR count). The first-order valence-corrected chi connectivity index (χ1v) is 9.11. The maximum absolute atomic E-state index is 12.3. The van der Waals surface area contributed by atoms with Gasteiger partial charge in [-0.3, -0.25) is 0 Å². The van der Waals surface area contributed by atoms with Gasteiger partial charge in [0.15, 0.2) is 9.84 Å². The number of aliphatic carboxylic acids is 1. The predicted molar refractivity (Wildman–Crippen MR) is 76.7 cm³/mol. The van der Waals surface area contributed by atoms with Crippen LogP contribution >= 0.6 is 0 Å². The van der Waals surface area contributed by atoms with Crippen LogP contribution in [0.2, 0.25) is 0 Å². The highest BCUT2D eigenvalue weighted by molar-refractivity contribution is 7.91. The molecule has 2 aliphatic rings. The minimum absolute atomic E-state index is 0.0548. The number of sulfone groups is 1. The number of rotatable bonds is 2. The number of piperidine rings is 1. The molecule has 0 spiro atoms. The van der Waals surface area contributed by atoms with Gasteiger partial charge >= 0.3 is 12.0 Å². The molecule has 21 heavy (non-hydrogen) atoms. The number of likely N-dealkylation sites (tertiary alicyclic amines) is 1. The summed E-state index contributed by atoms with van der Waals surface area (Å²) in [5.41, 5.74) is 0. The number of nitrogens with zero attached hydrogens (tertiary/aromatic N) is 1. The Kier molecular flexibility index (Phi) is 4.75. The Bertz CT molecular complexity index is 519. The number of carbonyl (C=O) groups excluding carboxylic acids is 1. The van der Waals surface area contributed by atoms with E-state index in [1.54, 1.807) is 0 Å². The fraction of sp³-hybridized carbons (Fsp3) is 0.846. The maximum atomic E-state index is 12.3. The zero-order valence-corrected chi connectivity index (χ0v) is 12.9. The Labute approximate surface area is 124 Å². The molecule has 8 heteroatoms. The fourth-order valence-corrected chi connectivity index (χ4v) is 4.65. The number of nitrogens with one attached hydrogen (secondary N) is 1. The highest BCUT2D eigenvalue weighted by Gasteiger charge is 2.36. The third kappa shape index (κ3) is 4.09. The number of carbonyl (C=O) groups is 2. The van der Waals surface area contributed by atoms with Crippen molar-refractivity contribution < 1.29 is 23.1 Å². The molecule has 0 radical (unpaired) electrons. The molecular weight excluding hydrogens is 296 g/mol. The molecule has 0 aromatic heterocycles. The Balaban J connectivity index is 2.00. The standard InChI is InChI=1S/C13H22N2O5S/c1-9-4-5-15(11(7-9)12(16)17)13(18)14-10-3-2-6-21(19,20)8-10/h9-11H,2-8H2,1H3,(H,14,18)(H,16,17). The molecule has 2 N–H and O–H groups in total. The fourth-order valence-electron chi connectivity index (χ4n) is 3.01. The number of urea groups is 1. The summed E-state index contributed by atoms with van der Waals surface area (Å²) in [4.78, 5) is 24.9. The summed E-state index contributed by atoms with van der Waals surface area (Å²) in [6, 6.07) is -1.70. The van der Waals surface area contributed by atoms with E-state index in [1.807, 2.05) is 6.92 Å². The molecule has 2 heterocycles. The van der Waals surface area contributed by atoms with E-state index in [4.69, 9.17) is 0 Å². The summed E-state index contributed by atoms with van der Waals surface area (Å²) in [6.07, 6.45) is 2.35. The average Bonchev–Trinajstić information content (AvgIpc) is 2.37. The Hall–Kier alpha value is -1.31. The SMILES string of the molecule is CC1CCN(C(=O)NC2CCCS(=O)(=O)C2)C(C(=O)O)C1. The van der Waals surface area contributed by atoms with E-state index in [2.05, 4.69) is 5.32 Å². The van der Waals surface area contributed by atoms with Crippen LogP contribution in [-0.4, -0.2) is 60.6 Å². The summed E-state index contributed by atoms with van der Waals surface area (Å²) in [7, 11) is -3.10. The van der Waals surface area contributed by atoms with Crippen molar-refractivity contribution in [3.63, 3.8) is 0 Å². The summed E-state index contributed by atoms with van der Waals surface area (Å²) in [5.74, 6) is -0.628. The molecule has 0 aliphatic carbocycles. The molecule has 2 saturated heterocycles. The Morgan fingerprint density at radius 3 is 2.62 bits per heavy atom. The first-order valence-electron chi connectivity index (χ1n) is 7.29. The van der Waals surface area contributed by atoms with Gasteiger partial charge in [-0.05, 0) is 31.6 Å². The molecular formula is C13H22N2O5S. The van der Waals surface area contributed by atoms with Crippen LogP contribution in [0.3, 0.4) is 0 Å². The van der Waals surface area contributed by atoms with E-state index >= 15 is 0 Å². The van der Waals surface area contributed by atoms with E-state index in [0.29, 0.717) is 25.8 Å². The first kappa shape index (κ1) is 16.1. The molecule has 2 aliphatic heterocycles. The third-order valence-electron chi connectivity index (χ3n) is 4.20. The van der Waals surface area contributed by atoms with Gasteiger partial charge in [-0.1, -0.05) is 6.92 Å². The lowest BCUT2D eigenvalue weighted by Gasteiger charge is -2.37. The van der Waals surface area contributed by atoms with Gasteiger partial charge in [-0.2, -0.15) is 0 Å². The second-order valence-corrected chi connectivity index (χ2v) is 8.31. The van der Waals surface area contributed by atoms with E-state index in [1.165, 1.54) is 4.90 Å². The highest BCUT2D eigenvalue weighted by atomic mass is 32.2. The van der Waals surface area contributed by atoms with Gasteiger partial charge in [0, 0.05) is 12.6 Å². The number of hydrogen-bond donors (Lipinski definition) is 2. The largest absolute Gasteiger partial charge is 0.480 e. The quantitative estimate of drug-likeness (QED) is 0.770. The molecule has 0 bridgehead atoms. The van der Waals surface area contributed by atoms with Crippen molar-refractivity contribution >= 4 is 21.8 Å². The van der Waals surface area contributed by atoms with Crippen LogP contribution in [0.25, 0.3) is 0 Å². The van der Waals surface area contributed by atoms with E-state index in [9.17, 15) is 23.1 Å². The smallest absolute Gasteiger partial charge is 0.326 e.